The van der Waals surface area contributed by atoms with E-state index in [1.54, 1.807) is 18.4 Å². The Morgan fingerprint density at radius 2 is 2.10 bits per heavy atom. The van der Waals surface area contributed by atoms with Gasteiger partial charge in [0, 0.05) is 24.0 Å². The van der Waals surface area contributed by atoms with Gasteiger partial charge >= 0.3 is 0 Å². The predicted octanol–water partition coefficient (Wildman–Crippen LogP) is 4.27. The van der Waals surface area contributed by atoms with Gasteiger partial charge in [-0.25, -0.2) is 0 Å². The summed E-state index contributed by atoms with van der Waals surface area (Å²) in [7, 11) is 1.71. The molecule has 2 aromatic heterocycles. The van der Waals surface area contributed by atoms with Crippen LogP contribution >= 0.6 is 27.3 Å². The van der Waals surface area contributed by atoms with Gasteiger partial charge in [-0.2, -0.15) is 4.98 Å². The Kier molecular flexibility index (Phi) is 4.57. The van der Waals surface area contributed by atoms with Crippen LogP contribution in [0.15, 0.2) is 35.8 Å². The van der Waals surface area contributed by atoms with Crippen molar-refractivity contribution >= 4 is 32.2 Å². The highest BCUT2D eigenvalue weighted by Crippen LogP contribution is 2.29. The Hall–Kier alpha value is -1.37. The zero-order valence-corrected chi connectivity index (χ0v) is 14.0. The lowest BCUT2D eigenvalue weighted by molar-refractivity contribution is 0.202. The topological polar surface area (TPSA) is 35.8 Å². The van der Waals surface area contributed by atoms with Crippen molar-refractivity contribution in [2.24, 2.45) is 0 Å². The van der Waals surface area contributed by atoms with Gasteiger partial charge in [0.2, 0.25) is 5.88 Å². The van der Waals surface area contributed by atoms with Crippen LogP contribution in [0.4, 0.5) is 0 Å². The average molecular weight is 367 g/mol. The molecule has 0 N–H and O–H groups in total. The lowest BCUT2D eigenvalue weighted by Gasteiger charge is -2.06. The first kappa shape index (κ1) is 14.6. The van der Waals surface area contributed by atoms with Crippen molar-refractivity contribution < 1.29 is 9.47 Å². The molecule has 0 aliphatic rings. The molecule has 3 aromatic rings. The molecule has 0 unspecified atom stereocenters. The second-order valence-corrected chi connectivity index (χ2v) is 5.98. The molecular weight excluding hydrogens is 352 g/mol. The minimum atomic E-state index is 0.656. The van der Waals surface area contributed by atoms with Crippen LogP contribution in [0.3, 0.4) is 0 Å². The van der Waals surface area contributed by atoms with Crippen LogP contribution in [0.1, 0.15) is 11.3 Å². The summed E-state index contributed by atoms with van der Waals surface area (Å²) in [5, 5.41) is 2.72. The predicted molar refractivity (Wildman–Crippen MR) is 87.8 cm³/mol. The van der Waals surface area contributed by atoms with Crippen LogP contribution in [0.25, 0.3) is 4.96 Å². The standard InChI is InChI=1S/C15H15BrN2O2S/c1-19-8-6-11-2-4-12(5-3-11)20-14-13(10-16)18-7-9-21-15(18)17-14/h2-5,7,9H,6,8,10H2,1H3. The Balaban J connectivity index is 1.79. The summed E-state index contributed by atoms with van der Waals surface area (Å²) in [6.07, 6.45) is 2.91. The van der Waals surface area contributed by atoms with Gasteiger partial charge in [-0.1, -0.05) is 28.1 Å². The fraction of sp³-hybridized carbons (Fsp3) is 0.267. The average Bonchev–Trinajstić information content (AvgIpc) is 3.07. The largest absolute Gasteiger partial charge is 0.437 e. The highest BCUT2D eigenvalue weighted by molar-refractivity contribution is 9.08. The van der Waals surface area contributed by atoms with Crippen LogP contribution in [0.5, 0.6) is 11.6 Å². The summed E-state index contributed by atoms with van der Waals surface area (Å²) in [4.78, 5) is 5.46. The lowest BCUT2D eigenvalue weighted by Crippen LogP contribution is -1.94. The molecule has 0 saturated heterocycles. The number of rotatable bonds is 6. The van der Waals surface area contributed by atoms with Crippen molar-refractivity contribution in [2.75, 3.05) is 13.7 Å². The number of fused-ring (bicyclic) bond motifs is 1. The molecular formula is C15H15BrN2O2S. The van der Waals surface area contributed by atoms with E-state index >= 15 is 0 Å². The van der Waals surface area contributed by atoms with E-state index in [0.717, 1.165) is 29.4 Å². The third-order valence-corrected chi connectivity index (χ3v) is 4.47. The molecule has 6 heteroatoms. The maximum Gasteiger partial charge on any atom is 0.243 e. The molecule has 0 spiro atoms. The Labute approximate surface area is 135 Å². The molecule has 0 amide bonds. The summed E-state index contributed by atoms with van der Waals surface area (Å²) >= 11 is 5.09. The number of ether oxygens (including phenoxy) is 2. The molecule has 0 saturated carbocycles. The highest BCUT2D eigenvalue weighted by Gasteiger charge is 2.14. The third kappa shape index (κ3) is 3.12. The van der Waals surface area contributed by atoms with Crippen LogP contribution in [0, 0.1) is 0 Å². The van der Waals surface area contributed by atoms with E-state index in [1.165, 1.54) is 5.56 Å². The van der Waals surface area contributed by atoms with E-state index < -0.39 is 0 Å². The first-order chi connectivity index (χ1) is 10.3. The molecule has 110 valence electrons. The van der Waals surface area contributed by atoms with E-state index in [-0.39, 0.29) is 0 Å². The number of halogens is 1. The molecule has 0 bridgehead atoms. The van der Waals surface area contributed by atoms with Crippen molar-refractivity contribution in [3.05, 3.63) is 47.1 Å². The third-order valence-electron chi connectivity index (χ3n) is 3.18. The van der Waals surface area contributed by atoms with Gasteiger partial charge in [0.15, 0.2) is 4.96 Å². The number of imidazole rings is 1. The molecule has 0 aliphatic carbocycles. The van der Waals surface area contributed by atoms with E-state index in [4.69, 9.17) is 9.47 Å². The summed E-state index contributed by atoms with van der Waals surface area (Å²) in [6.45, 7) is 0.727. The van der Waals surface area contributed by atoms with E-state index in [0.29, 0.717) is 11.2 Å². The highest BCUT2D eigenvalue weighted by atomic mass is 79.9. The lowest BCUT2D eigenvalue weighted by atomic mass is 10.1. The summed E-state index contributed by atoms with van der Waals surface area (Å²) in [5.41, 5.74) is 2.26. The van der Waals surface area contributed by atoms with Crippen molar-refractivity contribution in [3.8, 4) is 11.6 Å². The van der Waals surface area contributed by atoms with Crippen LogP contribution in [0.2, 0.25) is 0 Å². The summed E-state index contributed by atoms with van der Waals surface area (Å²) < 4.78 is 13.0. The number of aromatic nitrogens is 2. The minimum absolute atomic E-state index is 0.656. The number of benzene rings is 1. The summed E-state index contributed by atoms with van der Waals surface area (Å²) in [5.74, 6) is 1.45. The Morgan fingerprint density at radius 3 is 2.81 bits per heavy atom. The second-order valence-electron chi connectivity index (χ2n) is 4.54. The smallest absolute Gasteiger partial charge is 0.243 e. The Morgan fingerprint density at radius 1 is 1.29 bits per heavy atom. The number of alkyl halides is 1. The first-order valence-corrected chi connectivity index (χ1v) is 8.58. The van der Waals surface area contributed by atoms with Gasteiger partial charge in [0.05, 0.1) is 12.3 Å². The van der Waals surface area contributed by atoms with Crippen molar-refractivity contribution in [3.63, 3.8) is 0 Å². The molecule has 0 radical (unpaired) electrons. The Bertz CT molecular complexity index is 721. The van der Waals surface area contributed by atoms with Crippen molar-refractivity contribution in [1.29, 1.82) is 0 Å². The van der Waals surface area contributed by atoms with Gasteiger partial charge in [-0.15, -0.1) is 11.3 Å². The van der Waals surface area contributed by atoms with Crippen molar-refractivity contribution in [1.82, 2.24) is 9.38 Å². The fourth-order valence-electron chi connectivity index (χ4n) is 2.07. The maximum atomic E-state index is 5.92. The number of methoxy groups -OCH3 is 1. The normalized spacial score (nSPS) is 11.1. The minimum Gasteiger partial charge on any atom is -0.437 e. The van der Waals surface area contributed by atoms with E-state index in [2.05, 4.69) is 33.0 Å². The molecule has 3 rings (SSSR count). The SMILES string of the molecule is COCCc1ccc(Oc2nc3sccn3c2CBr)cc1. The number of hydrogen-bond acceptors (Lipinski definition) is 4. The quantitative estimate of drug-likeness (QED) is 0.611. The molecule has 0 fully saturated rings. The second kappa shape index (κ2) is 6.60. The van der Waals surface area contributed by atoms with Crippen LogP contribution in [-0.2, 0) is 16.5 Å². The van der Waals surface area contributed by atoms with Gasteiger partial charge in [-0.05, 0) is 24.1 Å². The molecule has 0 aliphatic heterocycles. The first-order valence-electron chi connectivity index (χ1n) is 6.58. The molecule has 2 heterocycles. The number of hydrogen-bond donors (Lipinski definition) is 0. The van der Waals surface area contributed by atoms with E-state index in [1.807, 2.05) is 28.1 Å². The maximum absolute atomic E-state index is 5.92. The van der Waals surface area contributed by atoms with Gasteiger partial charge < -0.3 is 9.47 Å². The fourth-order valence-corrected chi connectivity index (χ4v) is 3.31. The van der Waals surface area contributed by atoms with Crippen LogP contribution in [-0.4, -0.2) is 23.1 Å². The number of thiazole rings is 1. The molecule has 21 heavy (non-hydrogen) atoms. The molecule has 4 nitrogen and oxygen atoms in total. The van der Waals surface area contributed by atoms with Gasteiger partial charge in [0.1, 0.15) is 5.75 Å². The molecule has 1 aromatic carbocycles. The van der Waals surface area contributed by atoms with Crippen molar-refractivity contribution in [2.45, 2.75) is 11.8 Å². The monoisotopic (exact) mass is 366 g/mol. The zero-order chi connectivity index (χ0) is 14.7. The van der Waals surface area contributed by atoms with Crippen LogP contribution < -0.4 is 4.74 Å². The van der Waals surface area contributed by atoms with Gasteiger partial charge in [-0.3, -0.25) is 4.40 Å². The van der Waals surface area contributed by atoms with Gasteiger partial charge in [0.25, 0.3) is 0 Å². The molecule has 0 atom stereocenters. The van der Waals surface area contributed by atoms with E-state index in [9.17, 15) is 0 Å². The number of nitrogens with zero attached hydrogens (tertiary/aromatic N) is 2. The zero-order valence-electron chi connectivity index (χ0n) is 11.6. The summed E-state index contributed by atoms with van der Waals surface area (Å²) in [6, 6.07) is 8.05.